The van der Waals surface area contributed by atoms with Gasteiger partial charge in [-0.2, -0.15) is 0 Å². The van der Waals surface area contributed by atoms with Crippen molar-refractivity contribution >= 4 is 17.7 Å². The van der Waals surface area contributed by atoms with Crippen molar-refractivity contribution in [3.05, 3.63) is 70.7 Å². The molecule has 1 saturated heterocycles. The van der Waals surface area contributed by atoms with Gasteiger partial charge in [-0.1, -0.05) is 54.1 Å². The highest BCUT2D eigenvalue weighted by molar-refractivity contribution is 6.30. The molecule has 2 aromatic carbocycles. The van der Waals surface area contributed by atoms with Crippen LogP contribution in [0.1, 0.15) is 37.9 Å². The highest BCUT2D eigenvalue weighted by atomic mass is 35.5. The molecule has 0 spiro atoms. The zero-order chi connectivity index (χ0) is 19.4. The average molecular weight is 387 g/mol. The van der Waals surface area contributed by atoms with Crippen LogP contribution in [-0.4, -0.2) is 41.1 Å². The molecule has 1 fully saturated rings. The van der Waals surface area contributed by atoms with Crippen molar-refractivity contribution in [3.8, 4) is 0 Å². The average Bonchev–Trinajstić information content (AvgIpc) is 2.62. The van der Waals surface area contributed by atoms with E-state index in [-0.39, 0.29) is 12.1 Å². The lowest BCUT2D eigenvalue weighted by Crippen LogP contribution is -2.51. The minimum absolute atomic E-state index is 0.0606. The smallest absolute Gasteiger partial charge is 0.410 e. The molecule has 1 heterocycles. The minimum Gasteiger partial charge on any atom is -0.444 e. The van der Waals surface area contributed by atoms with Gasteiger partial charge in [0.15, 0.2) is 0 Å². The normalized spacial score (nSPS) is 18.4. The molecule has 0 radical (unpaired) electrons. The molecule has 0 saturated carbocycles. The molecule has 144 valence electrons. The Morgan fingerprint density at radius 2 is 1.74 bits per heavy atom. The molecule has 1 aliphatic heterocycles. The van der Waals surface area contributed by atoms with Gasteiger partial charge in [0.05, 0.1) is 6.04 Å². The summed E-state index contributed by atoms with van der Waals surface area (Å²) >= 11 is 6.06. The molecule has 4 nitrogen and oxygen atoms in total. The van der Waals surface area contributed by atoms with Gasteiger partial charge in [0, 0.05) is 31.2 Å². The van der Waals surface area contributed by atoms with Crippen molar-refractivity contribution in [3.63, 3.8) is 0 Å². The van der Waals surface area contributed by atoms with Gasteiger partial charge in [0.1, 0.15) is 5.60 Å². The lowest BCUT2D eigenvalue weighted by atomic mass is 10.0. The predicted molar refractivity (Wildman–Crippen MR) is 109 cm³/mol. The maximum absolute atomic E-state index is 12.8. The van der Waals surface area contributed by atoms with Crippen molar-refractivity contribution < 1.29 is 9.53 Å². The molecule has 0 aromatic heterocycles. The number of halogens is 1. The summed E-state index contributed by atoms with van der Waals surface area (Å²) in [6, 6.07) is 18.1. The zero-order valence-electron chi connectivity index (χ0n) is 16.2. The Balaban J connectivity index is 1.80. The molecule has 2 aromatic rings. The molecule has 1 unspecified atom stereocenters. The van der Waals surface area contributed by atoms with Crippen LogP contribution in [0.25, 0.3) is 0 Å². The van der Waals surface area contributed by atoms with E-state index in [1.807, 2.05) is 56.0 Å². The number of piperazine rings is 1. The number of hydrogen-bond acceptors (Lipinski definition) is 3. The molecular formula is C22H27ClN2O2. The van der Waals surface area contributed by atoms with Crippen molar-refractivity contribution in [2.45, 2.75) is 39.0 Å². The van der Waals surface area contributed by atoms with Gasteiger partial charge in [-0.3, -0.25) is 9.80 Å². The van der Waals surface area contributed by atoms with Crippen LogP contribution in [0.3, 0.4) is 0 Å². The number of amides is 1. The third kappa shape index (κ3) is 5.47. The molecule has 0 bridgehead atoms. The molecule has 1 amide bonds. The van der Waals surface area contributed by atoms with Crippen molar-refractivity contribution in [1.29, 1.82) is 0 Å². The molecule has 0 aliphatic carbocycles. The third-order valence-electron chi connectivity index (χ3n) is 4.60. The fraction of sp³-hybridized carbons (Fsp3) is 0.409. The lowest BCUT2D eigenvalue weighted by Gasteiger charge is -2.42. The number of nitrogens with zero attached hydrogens (tertiary/aromatic N) is 2. The van der Waals surface area contributed by atoms with Gasteiger partial charge in [-0.25, -0.2) is 4.79 Å². The van der Waals surface area contributed by atoms with Crippen LogP contribution in [-0.2, 0) is 11.3 Å². The molecule has 5 heteroatoms. The molecule has 27 heavy (non-hydrogen) atoms. The number of rotatable bonds is 3. The zero-order valence-corrected chi connectivity index (χ0v) is 16.9. The highest BCUT2D eigenvalue weighted by Crippen LogP contribution is 2.29. The summed E-state index contributed by atoms with van der Waals surface area (Å²) in [7, 11) is 0. The first-order chi connectivity index (χ1) is 12.8. The summed E-state index contributed by atoms with van der Waals surface area (Å²) < 4.78 is 5.65. The van der Waals surface area contributed by atoms with Gasteiger partial charge >= 0.3 is 6.09 Å². The summed E-state index contributed by atoms with van der Waals surface area (Å²) in [6.45, 7) is 8.77. The van der Waals surface area contributed by atoms with E-state index in [2.05, 4.69) is 29.2 Å². The fourth-order valence-electron chi connectivity index (χ4n) is 3.33. The first kappa shape index (κ1) is 19.7. The van der Waals surface area contributed by atoms with E-state index in [1.54, 1.807) is 0 Å². The maximum atomic E-state index is 12.8. The van der Waals surface area contributed by atoms with Gasteiger partial charge in [-0.05, 0) is 44.0 Å². The first-order valence-corrected chi connectivity index (χ1v) is 9.71. The van der Waals surface area contributed by atoms with E-state index in [9.17, 15) is 4.79 Å². The van der Waals surface area contributed by atoms with Crippen LogP contribution >= 0.6 is 11.6 Å². The minimum atomic E-state index is -0.511. The lowest BCUT2D eigenvalue weighted by molar-refractivity contribution is -0.00298. The van der Waals surface area contributed by atoms with Crippen LogP contribution in [0, 0.1) is 0 Å². The molecule has 1 aliphatic rings. The summed E-state index contributed by atoms with van der Waals surface area (Å²) in [5.74, 6) is 0. The Morgan fingerprint density at radius 3 is 2.37 bits per heavy atom. The van der Waals surface area contributed by atoms with Gasteiger partial charge in [0.2, 0.25) is 0 Å². The van der Waals surface area contributed by atoms with Crippen LogP contribution in [0.4, 0.5) is 4.79 Å². The van der Waals surface area contributed by atoms with E-state index in [1.165, 1.54) is 5.56 Å². The van der Waals surface area contributed by atoms with Crippen LogP contribution in [0.2, 0.25) is 5.02 Å². The van der Waals surface area contributed by atoms with Crippen LogP contribution in [0.15, 0.2) is 54.6 Å². The summed E-state index contributed by atoms with van der Waals surface area (Å²) in [5, 5.41) is 0.694. The molecular weight excluding hydrogens is 360 g/mol. The Bertz CT molecular complexity index is 756. The van der Waals surface area contributed by atoms with E-state index < -0.39 is 5.60 Å². The summed E-state index contributed by atoms with van der Waals surface area (Å²) in [5.41, 5.74) is 1.84. The number of carbonyl (C=O) groups excluding carboxylic acids is 1. The van der Waals surface area contributed by atoms with Crippen molar-refractivity contribution in [2.75, 3.05) is 19.6 Å². The number of benzene rings is 2. The van der Waals surface area contributed by atoms with Crippen molar-refractivity contribution in [1.82, 2.24) is 9.80 Å². The number of ether oxygens (including phenoxy) is 1. The fourth-order valence-corrected chi connectivity index (χ4v) is 3.46. The Hall–Kier alpha value is -2.04. The number of carbonyl (C=O) groups is 1. The Morgan fingerprint density at radius 1 is 1.07 bits per heavy atom. The Labute approximate surface area is 166 Å². The van der Waals surface area contributed by atoms with E-state index >= 15 is 0 Å². The largest absolute Gasteiger partial charge is 0.444 e. The first-order valence-electron chi connectivity index (χ1n) is 9.33. The second-order valence-corrected chi connectivity index (χ2v) is 8.40. The standard InChI is InChI=1S/C22H27ClN2O2/c1-22(2,3)27-21(26)25-14-13-24(15-17-7-5-4-6-8-17)16-20(25)18-9-11-19(23)12-10-18/h4-12,20H,13-16H2,1-3H3. The molecule has 1 atom stereocenters. The molecule has 3 rings (SSSR count). The highest BCUT2D eigenvalue weighted by Gasteiger charge is 2.34. The van der Waals surface area contributed by atoms with Crippen LogP contribution in [0.5, 0.6) is 0 Å². The van der Waals surface area contributed by atoms with Gasteiger partial charge in [-0.15, -0.1) is 0 Å². The van der Waals surface area contributed by atoms with E-state index in [0.29, 0.717) is 11.6 Å². The predicted octanol–water partition coefficient (Wildman–Crippen LogP) is 5.13. The topological polar surface area (TPSA) is 32.8 Å². The van der Waals surface area contributed by atoms with E-state index in [0.717, 1.165) is 25.2 Å². The quantitative estimate of drug-likeness (QED) is 0.732. The maximum Gasteiger partial charge on any atom is 0.410 e. The number of hydrogen-bond donors (Lipinski definition) is 0. The van der Waals surface area contributed by atoms with Crippen LogP contribution < -0.4 is 0 Å². The van der Waals surface area contributed by atoms with E-state index in [4.69, 9.17) is 16.3 Å². The van der Waals surface area contributed by atoms with Crippen molar-refractivity contribution in [2.24, 2.45) is 0 Å². The molecule has 0 N–H and O–H groups in total. The van der Waals surface area contributed by atoms with Gasteiger partial charge < -0.3 is 4.74 Å². The summed E-state index contributed by atoms with van der Waals surface area (Å²) in [4.78, 5) is 17.0. The summed E-state index contributed by atoms with van der Waals surface area (Å²) in [6.07, 6.45) is -0.262. The van der Waals surface area contributed by atoms with Gasteiger partial charge in [0.25, 0.3) is 0 Å². The monoisotopic (exact) mass is 386 g/mol. The second-order valence-electron chi connectivity index (χ2n) is 7.96. The third-order valence-corrected chi connectivity index (χ3v) is 4.85. The second kappa shape index (κ2) is 8.32. The Kier molecular flexibility index (Phi) is 6.08. The SMILES string of the molecule is CC(C)(C)OC(=O)N1CCN(Cc2ccccc2)CC1c1ccc(Cl)cc1.